The molecule has 0 spiro atoms. The number of methoxy groups -OCH3 is 1. The minimum atomic E-state index is 0.235. The summed E-state index contributed by atoms with van der Waals surface area (Å²) in [5.41, 5.74) is 1.96. The van der Waals surface area contributed by atoms with Gasteiger partial charge in [0.1, 0.15) is 11.8 Å². The maximum Gasteiger partial charge on any atom is 0.136 e. The van der Waals surface area contributed by atoms with Crippen LogP contribution in [0.3, 0.4) is 0 Å². The molecule has 3 nitrogen and oxygen atoms in total. The second kappa shape index (κ2) is 6.08. The molecular formula is C16H24N2O. The van der Waals surface area contributed by atoms with Crippen molar-refractivity contribution in [2.24, 2.45) is 5.41 Å². The second-order valence-electron chi connectivity index (χ2n) is 6.10. The predicted molar refractivity (Wildman–Crippen MR) is 78.1 cm³/mol. The van der Waals surface area contributed by atoms with Crippen LogP contribution >= 0.6 is 0 Å². The summed E-state index contributed by atoms with van der Waals surface area (Å²) >= 11 is 0. The number of benzene rings is 1. The molecule has 1 aromatic carbocycles. The van der Waals surface area contributed by atoms with Crippen LogP contribution in [0.25, 0.3) is 0 Å². The van der Waals surface area contributed by atoms with E-state index in [-0.39, 0.29) is 5.41 Å². The number of hydrogen-bond donors (Lipinski definition) is 0. The second-order valence-corrected chi connectivity index (χ2v) is 6.10. The average Bonchev–Trinajstić information content (AvgIpc) is 2.36. The predicted octanol–water partition coefficient (Wildman–Crippen LogP) is 3.43. The van der Waals surface area contributed by atoms with E-state index in [4.69, 9.17) is 10.00 Å². The number of nitriles is 1. The Balaban J connectivity index is 2.87. The van der Waals surface area contributed by atoms with Crippen LogP contribution in [-0.4, -0.2) is 25.1 Å². The molecule has 0 saturated carbocycles. The molecule has 1 atom stereocenters. The molecule has 19 heavy (non-hydrogen) atoms. The summed E-state index contributed by atoms with van der Waals surface area (Å²) < 4.78 is 5.16. The van der Waals surface area contributed by atoms with Crippen molar-refractivity contribution in [3.63, 3.8) is 0 Å². The van der Waals surface area contributed by atoms with Gasteiger partial charge < -0.3 is 4.74 Å². The van der Waals surface area contributed by atoms with E-state index in [9.17, 15) is 0 Å². The monoisotopic (exact) mass is 260 g/mol. The maximum absolute atomic E-state index is 9.10. The number of rotatable bonds is 4. The highest BCUT2D eigenvalue weighted by Gasteiger charge is 2.23. The fourth-order valence-electron chi connectivity index (χ4n) is 2.03. The molecule has 1 aromatic rings. The summed E-state index contributed by atoms with van der Waals surface area (Å²) in [6.45, 7) is 9.78. The van der Waals surface area contributed by atoms with Crippen LogP contribution in [0.1, 0.15) is 38.8 Å². The van der Waals surface area contributed by atoms with Gasteiger partial charge in [-0.3, -0.25) is 4.90 Å². The third-order valence-electron chi connectivity index (χ3n) is 3.73. The molecule has 0 aliphatic carbocycles. The van der Waals surface area contributed by atoms with Crippen LogP contribution in [0.2, 0.25) is 0 Å². The molecule has 0 heterocycles. The van der Waals surface area contributed by atoms with Gasteiger partial charge in [-0.25, -0.2) is 0 Å². The third-order valence-corrected chi connectivity index (χ3v) is 3.73. The van der Waals surface area contributed by atoms with E-state index < -0.39 is 0 Å². The Kier molecular flexibility index (Phi) is 4.97. The first-order valence-corrected chi connectivity index (χ1v) is 6.57. The van der Waals surface area contributed by atoms with Gasteiger partial charge in [0.15, 0.2) is 0 Å². The van der Waals surface area contributed by atoms with E-state index in [1.165, 1.54) is 0 Å². The Labute approximate surface area is 116 Å². The van der Waals surface area contributed by atoms with Crippen LogP contribution < -0.4 is 4.74 Å². The summed E-state index contributed by atoms with van der Waals surface area (Å²) in [6, 6.07) is 8.43. The van der Waals surface area contributed by atoms with Crippen LogP contribution in [0.5, 0.6) is 5.75 Å². The van der Waals surface area contributed by atoms with Gasteiger partial charge in [-0.2, -0.15) is 5.26 Å². The Morgan fingerprint density at radius 1 is 1.37 bits per heavy atom. The van der Waals surface area contributed by atoms with Crippen molar-refractivity contribution in [1.29, 1.82) is 5.26 Å². The van der Waals surface area contributed by atoms with Crippen molar-refractivity contribution < 1.29 is 4.74 Å². The SMILES string of the molecule is COc1ccc(CN(C)C(C)C(C)(C)C)cc1C#N. The molecule has 1 unspecified atom stereocenters. The summed E-state index contributed by atoms with van der Waals surface area (Å²) in [5.74, 6) is 0.637. The quantitative estimate of drug-likeness (QED) is 0.832. The Morgan fingerprint density at radius 2 is 2.00 bits per heavy atom. The zero-order chi connectivity index (χ0) is 14.6. The molecular weight excluding hydrogens is 236 g/mol. The van der Waals surface area contributed by atoms with Crippen LogP contribution in [-0.2, 0) is 6.54 Å². The van der Waals surface area contributed by atoms with Crippen molar-refractivity contribution in [2.45, 2.75) is 40.3 Å². The van der Waals surface area contributed by atoms with Gasteiger partial charge in [-0.1, -0.05) is 26.8 Å². The van der Waals surface area contributed by atoms with Crippen LogP contribution in [0, 0.1) is 16.7 Å². The van der Waals surface area contributed by atoms with Crippen LogP contribution in [0.4, 0.5) is 0 Å². The molecule has 104 valence electrons. The number of nitrogens with zero attached hydrogens (tertiary/aromatic N) is 2. The molecule has 0 N–H and O–H groups in total. The summed E-state index contributed by atoms with van der Waals surface area (Å²) in [7, 11) is 3.70. The van der Waals surface area contributed by atoms with Gasteiger partial charge in [-0.15, -0.1) is 0 Å². The van der Waals surface area contributed by atoms with Gasteiger partial charge in [0.05, 0.1) is 12.7 Å². The van der Waals surface area contributed by atoms with Gasteiger partial charge in [0, 0.05) is 12.6 Å². The average molecular weight is 260 g/mol. The first kappa shape index (κ1) is 15.5. The topological polar surface area (TPSA) is 36.3 Å². The van der Waals surface area contributed by atoms with Gasteiger partial charge in [0.25, 0.3) is 0 Å². The number of hydrogen-bond acceptors (Lipinski definition) is 3. The van der Waals surface area contributed by atoms with Gasteiger partial charge in [0.2, 0.25) is 0 Å². The molecule has 1 rings (SSSR count). The maximum atomic E-state index is 9.10. The van der Waals surface area contributed by atoms with E-state index in [0.29, 0.717) is 17.4 Å². The highest BCUT2D eigenvalue weighted by atomic mass is 16.5. The third kappa shape index (κ3) is 3.97. The largest absolute Gasteiger partial charge is 0.495 e. The Morgan fingerprint density at radius 3 is 2.47 bits per heavy atom. The van der Waals surface area contributed by atoms with E-state index in [0.717, 1.165) is 12.1 Å². The van der Waals surface area contributed by atoms with Crippen molar-refractivity contribution >= 4 is 0 Å². The summed E-state index contributed by atoms with van der Waals surface area (Å²) in [5, 5.41) is 9.10. The zero-order valence-corrected chi connectivity index (χ0v) is 12.8. The zero-order valence-electron chi connectivity index (χ0n) is 12.8. The van der Waals surface area contributed by atoms with Gasteiger partial charge >= 0.3 is 0 Å². The molecule has 3 heteroatoms. The lowest BCUT2D eigenvalue weighted by Crippen LogP contribution is -2.38. The molecule has 0 saturated heterocycles. The minimum absolute atomic E-state index is 0.235. The van der Waals surface area contributed by atoms with E-state index in [1.54, 1.807) is 7.11 Å². The lowest BCUT2D eigenvalue weighted by atomic mass is 9.87. The van der Waals surface area contributed by atoms with E-state index in [1.807, 2.05) is 18.2 Å². The smallest absolute Gasteiger partial charge is 0.136 e. The van der Waals surface area contributed by atoms with Crippen molar-refractivity contribution in [3.05, 3.63) is 29.3 Å². The Hall–Kier alpha value is -1.53. The first-order chi connectivity index (χ1) is 8.79. The molecule has 0 fully saturated rings. The highest BCUT2D eigenvalue weighted by Crippen LogP contribution is 2.25. The lowest BCUT2D eigenvalue weighted by molar-refractivity contribution is 0.134. The fourth-order valence-corrected chi connectivity index (χ4v) is 2.03. The molecule has 0 aliphatic heterocycles. The molecule has 0 aliphatic rings. The molecule has 0 radical (unpaired) electrons. The van der Waals surface area contributed by atoms with Crippen molar-refractivity contribution in [2.75, 3.05) is 14.2 Å². The Bertz CT molecular complexity index is 469. The fraction of sp³-hybridized carbons (Fsp3) is 0.562. The minimum Gasteiger partial charge on any atom is -0.495 e. The molecule has 0 aromatic heterocycles. The van der Waals surface area contributed by atoms with Crippen molar-refractivity contribution in [1.82, 2.24) is 4.90 Å². The molecule has 0 amide bonds. The normalized spacial score (nSPS) is 13.2. The van der Waals surface area contributed by atoms with Gasteiger partial charge in [-0.05, 0) is 37.1 Å². The molecule has 0 bridgehead atoms. The summed E-state index contributed by atoms with van der Waals surface area (Å²) in [6.07, 6.45) is 0. The van der Waals surface area contributed by atoms with Crippen molar-refractivity contribution in [3.8, 4) is 11.8 Å². The summed E-state index contributed by atoms with van der Waals surface area (Å²) in [4.78, 5) is 2.31. The van der Waals surface area contributed by atoms with Crippen LogP contribution in [0.15, 0.2) is 18.2 Å². The lowest BCUT2D eigenvalue weighted by Gasteiger charge is -2.35. The standard InChI is InChI=1S/C16H24N2O/c1-12(16(2,3)4)18(5)11-13-7-8-15(19-6)14(9-13)10-17/h7-9,12H,11H2,1-6H3. The van der Waals surface area contributed by atoms with E-state index >= 15 is 0 Å². The first-order valence-electron chi connectivity index (χ1n) is 6.57. The van der Waals surface area contributed by atoms with E-state index in [2.05, 4.69) is 45.7 Å². The number of ether oxygens (including phenoxy) is 1. The highest BCUT2D eigenvalue weighted by molar-refractivity contribution is 5.45.